The molecule has 3 aromatic rings. The van der Waals surface area contributed by atoms with Gasteiger partial charge in [-0.05, 0) is 43.7 Å². The molecule has 0 amide bonds. The predicted molar refractivity (Wildman–Crippen MR) is 106 cm³/mol. The molecule has 2 atom stereocenters. The fourth-order valence-corrected chi connectivity index (χ4v) is 6.25. The van der Waals surface area contributed by atoms with E-state index in [2.05, 4.69) is 15.2 Å². The molecule has 0 N–H and O–H groups in total. The van der Waals surface area contributed by atoms with Crippen LogP contribution in [0.3, 0.4) is 0 Å². The summed E-state index contributed by atoms with van der Waals surface area (Å²) in [6.45, 7) is 2.31. The van der Waals surface area contributed by atoms with Gasteiger partial charge in [0.05, 0.1) is 18.1 Å². The van der Waals surface area contributed by atoms with Crippen LogP contribution in [0, 0.1) is 5.82 Å². The van der Waals surface area contributed by atoms with Crippen LogP contribution in [0.4, 0.5) is 4.39 Å². The van der Waals surface area contributed by atoms with Crippen LogP contribution < -0.4 is 0 Å². The van der Waals surface area contributed by atoms with Gasteiger partial charge in [-0.3, -0.25) is 4.90 Å². The maximum atomic E-state index is 14.4. The van der Waals surface area contributed by atoms with E-state index in [1.165, 1.54) is 22.5 Å². The topological polar surface area (TPSA) is 71.3 Å². The van der Waals surface area contributed by atoms with Crippen molar-refractivity contribution in [2.24, 2.45) is 0 Å². The molecule has 152 valence electrons. The summed E-state index contributed by atoms with van der Waals surface area (Å²) < 4.78 is 44.5. The van der Waals surface area contributed by atoms with Crippen LogP contribution in [-0.2, 0) is 16.6 Å². The van der Waals surface area contributed by atoms with Gasteiger partial charge in [-0.1, -0.05) is 29.5 Å². The highest BCUT2D eigenvalue weighted by Gasteiger charge is 2.43. The second-order valence-corrected chi connectivity index (χ2v) is 9.57. The molecule has 2 fully saturated rings. The minimum absolute atomic E-state index is 0.181. The SMILES string of the molecule is O=S(=O)(c1ccccc1F)N1C[C@@H]2CCCN2C[C@H]1Cn1nnc2ccccc21. The molecule has 0 spiro atoms. The summed E-state index contributed by atoms with van der Waals surface area (Å²) in [7, 11) is -3.97. The molecule has 0 radical (unpaired) electrons. The molecule has 1 aromatic heterocycles. The zero-order chi connectivity index (χ0) is 20.0. The molecule has 29 heavy (non-hydrogen) atoms. The van der Waals surface area contributed by atoms with Crippen molar-refractivity contribution < 1.29 is 12.8 Å². The van der Waals surface area contributed by atoms with Gasteiger partial charge in [0.1, 0.15) is 16.2 Å². The van der Waals surface area contributed by atoms with Crippen molar-refractivity contribution in [2.75, 3.05) is 19.6 Å². The van der Waals surface area contributed by atoms with Crippen LogP contribution in [0.5, 0.6) is 0 Å². The second kappa shape index (κ2) is 7.16. The van der Waals surface area contributed by atoms with E-state index in [4.69, 9.17) is 0 Å². The van der Waals surface area contributed by atoms with E-state index in [1.807, 2.05) is 24.3 Å². The second-order valence-electron chi connectivity index (χ2n) is 7.71. The maximum absolute atomic E-state index is 14.4. The molecule has 7 nitrogen and oxygen atoms in total. The van der Waals surface area contributed by atoms with E-state index >= 15 is 0 Å². The number of hydrogen-bond acceptors (Lipinski definition) is 5. The Morgan fingerprint density at radius 2 is 1.86 bits per heavy atom. The van der Waals surface area contributed by atoms with E-state index in [0.29, 0.717) is 19.6 Å². The molecule has 2 aliphatic heterocycles. The van der Waals surface area contributed by atoms with Crippen LogP contribution in [0.2, 0.25) is 0 Å². The van der Waals surface area contributed by atoms with Crippen molar-refractivity contribution in [3.05, 3.63) is 54.3 Å². The van der Waals surface area contributed by atoms with E-state index in [1.54, 1.807) is 10.7 Å². The smallest absolute Gasteiger partial charge is 0.246 e. The van der Waals surface area contributed by atoms with Gasteiger partial charge in [0.2, 0.25) is 10.0 Å². The first-order chi connectivity index (χ1) is 14.0. The largest absolute Gasteiger partial charge is 0.297 e. The maximum Gasteiger partial charge on any atom is 0.246 e. The molecule has 2 saturated heterocycles. The lowest BCUT2D eigenvalue weighted by molar-refractivity contribution is 0.0976. The van der Waals surface area contributed by atoms with Gasteiger partial charge in [-0.2, -0.15) is 4.31 Å². The average molecular weight is 415 g/mol. The van der Waals surface area contributed by atoms with Gasteiger partial charge >= 0.3 is 0 Å². The van der Waals surface area contributed by atoms with Crippen molar-refractivity contribution >= 4 is 21.1 Å². The highest BCUT2D eigenvalue weighted by atomic mass is 32.2. The van der Waals surface area contributed by atoms with Gasteiger partial charge in [0, 0.05) is 19.1 Å². The molecule has 2 aromatic carbocycles. The number of aromatic nitrogens is 3. The van der Waals surface area contributed by atoms with Crippen molar-refractivity contribution in [3.8, 4) is 0 Å². The molecule has 0 saturated carbocycles. The van der Waals surface area contributed by atoms with Crippen molar-refractivity contribution in [1.29, 1.82) is 0 Å². The summed E-state index contributed by atoms with van der Waals surface area (Å²) in [5.74, 6) is -0.716. The number of sulfonamides is 1. The van der Waals surface area contributed by atoms with Crippen LogP contribution in [-0.4, -0.2) is 64.3 Å². The predicted octanol–water partition coefficient (Wildman–Crippen LogP) is 2.11. The number of piperazine rings is 1. The fraction of sp³-hybridized carbons (Fsp3) is 0.400. The van der Waals surface area contributed by atoms with Gasteiger partial charge in [-0.25, -0.2) is 17.5 Å². The first kappa shape index (κ1) is 18.7. The fourth-order valence-electron chi connectivity index (χ4n) is 4.54. The van der Waals surface area contributed by atoms with E-state index < -0.39 is 15.8 Å². The van der Waals surface area contributed by atoms with E-state index in [0.717, 1.165) is 30.4 Å². The summed E-state index contributed by atoms with van der Waals surface area (Å²) in [6.07, 6.45) is 2.01. The monoisotopic (exact) mass is 415 g/mol. The number of para-hydroxylation sites is 1. The molecule has 0 aliphatic carbocycles. The number of rotatable bonds is 4. The Kier molecular flexibility index (Phi) is 4.60. The zero-order valence-electron chi connectivity index (χ0n) is 15.9. The Labute approximate surface area is 168 Å². The van der Waals surface area contributed by atoms with Crippen molar-refractivity contribution in [1.82, 2.24) is 24.2 Å². The number of halogens is 1. The third-order valence-corrected chi connectivity index (χ3v) is 7.92. The molecule has 3 heterocycles. The third-order valence-electron chi connectivity index (χ3n) is 5.97. The van der Waals surface area contributed by atoms with Gasteiger partial charge < -0.3 is 0 Å². The van der Waals surface area contributed by atoms with Crippen LogP contribution in [0.15, 0.2) is 53.4 Å². The normalized spacial score (nSPS) is 23.5. The average Bonchev–Trinajstić information content (AvgIpc) is 3.34. The van der Waals surface area contributed by atoms with Gasteiger partial charge in [0.15, 0.2) is 0 Å². The van der Waals surface area contributed by atoms with E-state index in [-0.39, 0.29) is 17.0 Å². The lowest BCUT2D eigenvalue weighted by atomic mass is 10.1. The summed E-state index contributed by atoms with van der Waals surface area (Å²) in [5, 5.41) is 8.42. The van der Waals surface area contributed by atoms with Crippen molar-refractivity contribution in [2.45, 2.75) is 36.4 Å². The van der Waals surface area contributed by atoms with Crippen LogP contribution in [0.25, 0.3) is 11.0 Å². The Hall–Kier alpha value is -2.36. The standard InChI is InChI=1S/C20H22FN5O2S/c21-17-7-1-4-10-20(17)29(27,28)26-14-15-6-5-11-24(15)12-16(26)13-25-19-9-3-2-8-18(19)22-23-25/h1-4,7-10,15-16H,5-6,11-14H2/t15-,16-/m0/s1. The Bertz CT molecular complexity index is 1150. The Morgan fingerprint density at radius 3 is 2.72 bits per heavy atom. The highest BCUT2D eigenvalue weighted by Crippen LogP contribution is 2.31. The molecule has 5 rings (SSSR count). The highest BCUT2D eigenvalue weighted by molar-refractivity contribution is 7.89. The summed E-state index contributed by atoms with van der Waals surface area (Å²) in [6, 6.07) is 13.0. The summed E-state index contributed by atoms with van der Waals surface area (Å²) >= 11 is 0. The minimum atomic E-state index is -3.97. The number of benzene rings is 2. The lowest BCUT2D eigenvalue weighted by Crippen LogP contribution is -2.59. The molecular formula is C20H22FN5O2S. The molecule has 9 heteroatoms. The zero-order valence-corrected chi connectivity index (χ0v) is 16.7. The van der Waals surface area contributed by atoms with Gasteiger partial charge in [-0.15, -0.1) is 5.10 Å². The molecule has 0 bridgehead atoms. The number of fused-ring (bicyclic) bond motifs is 2. The molecular weight excluding hydrogens is 393 g/mol. The van der Waals surface area contributed by atoms with Crippen LogP contribution >= 0.6 is 0 Å². The first-order valence-corrected chi connectivity index (χ1v) is 11.3. The molecule has 2 aliphatic rings. The van der Waals surface area contributed by atoms with Crippen molar-refractivity contribution in [3.63, 3.8) is 0 Å². The number of hydrogen-bond donors (Lipinski definition) is 0. The summed E-state index contributed by atoms with van der Waals surface area (Å²) in [5.41, 5.74) is 1.63. The quantitative estimate of drug-likeness (QED) is 0.653. The summed E-state index contributed by atoms with van der Waals surface area (Å²) in [4.78, 5) is 2.08. The first-order valence-electron chi connectivity index (χ1n) is 9.83. The van der Waals surface area contributed by atoms with Gasteiger partial charge in [0.25, 0.3) is 0 Å². The number of nitrogens with zero attached hydrogens (tertiary/aromatic N) is 5. The third kappa shape index (κ3) is 3.23. The Balaban J connectivity index is 1.53. The Morgan fingerprint density at radius 1 is 1.07 bits per heavy atom. The lowest BCUT2D eigenvalue weighted by Gasteiger charge is -2.42. The molecule has 0 unspecified atom stereocenters. The van der Waals surface area contributed by atoms with E-state index in [9.17, 15) is 12.8 Å². The minimum Gasteiger partial charge on any atom is -0.297 e. The van der Waals surface area contributed by atoms with Crippen LogP contribution in [0.1, 0.15) is 12.8 Å².